The maximum absolute atomic E-state index is 12.8. The molecule has 0 saturated carbocycles. The highest BCUT2D eigenvalue weighted by molar-refractivity contribution is 7.89. The number of ether oxygens (including phenoxy) is 2. The summed E-state index contributed by atoms with van der Waals surface area (Å²) in [6.07, 6.45) is 2.49. The average molecular weight is 389 g/mol. The Kier molecular flexibility index (Phi) is 6.51. The van der Waals surface area contributed by atoms with E-state index < -0.39 is 10.0 Å². The second-order valence-corrected chi connectivity index (χ2v) is 10.1. The highest BCUT2D eigenvalue weighted by Crippen LogP contribution is 2.28. The second-order valence-electron chi connectivity index (χ2n) is 6.73. The molecule has 0 aromatic carbocycles. The molecular weight excluding hydrogens is 360 g/mol. The fourth-order valence-electron chi connectivity index (χ4n) is 3.38. The van der Waals surface area contributed by atoms with Gasteiger partial charge in [-0.05, 0) is 32.8 Å². The molecule has 1 aromatic heterocycles. The molecule has 0 aliphatic carbocycles. The van der Waals surface area contributed by atoms with Crippen molar-refractivity contribution in [3.8, 4) is 0 Å². The van der Waals surface area contributed by atoms with E-state index in [0.29, 0.717) is 31.2 Å². The first-order valence-electron chi connectivity index (χ1n) is 8.95. The predicted octanol–water partition coefficient (Wildman–Crippen LogP) is 1.87. The first kappa shape index (κ1) is 19.3. The lowest BCUT2D eigenvalue weighted by molar-refractivity contribution is 0.00837. The zero-order valence-electron chi connectivity index (χ0n) is 15.1. The van der Waals surface area contributed by atoms with Crippen LogP contribution < -0.4 is 0 Å². The Hall–Kier alpha value is -0.510. The van der Waals surface area contributed by atoms with Crippen LogP contribution in [-0.2, 0) is 19.5 Å². The van der Waals surface area contributed by atoms with Gasteiger partial charge in [-0.15, -0.1) is 11.3 Å². The van der Waals surface area contributed by atoms with E-state index in [-0.39, 0.29) is 6.10 Å². The second kappa shape index (κ2) is 8.45. The normalized spacial score (nSPS) is 23.4. The summed E-state index contributed by atoms with van der Waals surface area (Å²) in [6, 6.07) is 1.79. The first-order chi connectivity index (χ1) is 12.0. The molecule has 2 fully saturated rings. The maximum Gasteiger partial charge on any atom is 0.244 e. The third-order valence-corrected chi connectivity index (χ3v) is 7.94. The SMILES string of the molecule is Cc1cc(S(=O)(=O)N2CCN(CCOCC3CCCO3)CC2)c(C)s1. The number of rotatable bonds is 7. The summed E-state index contributed by atoms with van der Waals surface area (Å²) in [6.45, 7) is 9.48. The van der Waals surface area contributed by atoms with Crippen LogP contribution in [0.5, 0.6) is 0 Å². The summed E-state index contributed by atoms with van der Waals surface area (Å²) in [5, 5.41) is 0. The summed E-state index contributed by atoms with van der Waals surface area (Å²) in [5.41, 5.74) is 0. The molecule has 2 aliphatic rings. The van der Waals surface area contributed by atoms with Crippen molar-refractivity contribution in [2.24, 2.45) is 0 Å². The van der Waals surface area contributed by atoms with Gasteiger partial charge in [0.2, 0.25) is 10.0 Å². The van der Waals surface area contributed by atoms with Crippen molar-refractivity contribution in [1.29, 1.82) is 0 Å². The largest absolute Gasteiger partial charge is 0.377 e. The molecule has 25 heavy (non-hydrogen) atoms. The van der Waals surface area contributed by atoms with E-state index in [2.05, 4.69) is 4.90 Å². The fourth-order valence-corrected chi connectivity index (χ4v) is 6.33. The Morgan fingerprint density at radius 2 is 2.04 bits per heavy atom. The summed E-state index contributed by atoms with van der Waals surface area (Å²) >= 11 is 1.54. The molecule has 3 rings (SSSR count). The van der Waals surface area contributed by atoms with E-state index in [1.54, 1.807) is 21.7 Å². The van der Waals surface area contributed by atoms with E-state index in [4.69, 9.17) is 9.47 Å². The lowest BCUT2D eigenvalue weighted by Gasteiger charge is -2.33. The minimum absolute atomic E-state index is 0.263. The quantitative estimate of drug-likeness (QED) is 0.668. The van der Waals surface area contributed by atoms with Gasteiger partial charge in [0.1, 0.15) is 0 Å². The van der Waals surface area contributed by atoms with E-state index in [1.807, 2.05) is 13.8 Å². The number of hydrogen-bond acceptors (Lipinski definition) is 6. The molecule has 0 N–H and O–H groups in total. The Morgan fingerprint density at radius 3 is 2.64 bits per heavy atom. The summed E-state index contributed by atoms with van der Waals surface area (Å²) in [7, 11) is -3.36. The molecule has 6 nitrogen and oxygen atoms in total. The van der Waals surface area contributed by atoms with Crippen LogP contribution in [0.15, 0.2) is 11.0 Å². The van der Waals surface area contributed by atoms with Gasteiger partial charge < -0.3 is 9.47 Å². The molecule has 8 heteroatoms. The lowest BCUT2D eigenvalue weighted by atomic mass is 10.2. The topological polar surface area (TPSA) is 59.1 Å². The van der Waals surface area contributed by atoms with Crippen LogP contribution in [0.3, 0.4) is 0 Å². The van der Waals surface area contributed by atoms with E-state index in [0.717, 1.165) is 48.8 Å². The molecule has 0 bridgehead atoms. The number of aryl methyl sites for hydroxylation is 2. The summed E-state index contributed by atoms with van der Waals surface area (Å²) in [4.78, 5) is 4.66. The molecule has 142 valence electrons. The van der Waals surface area contributed by atoms with E-state index in [1.165, 1.54) is 0 Å². The third-order valence-electron chi connectivity index (χ3n) is 4.82. The van der Waals surface area contributed by atoms with Gasteiger partial charge in [0, 0.05) is 49.1 Å². The van der Waals surface area contributed by atoms with Crippen molar-refractivity contribution in [3.63, 3.8) is 0 Å². The number of sulfonamides is 1. The molecule has 2 aliphatic heterocycles. The zero-order valence-corrected chi connectivity index (χ0v) is 16.7. The third kappa shape index (κ3) is 4.81. The van der Waals surface area contributed by atoms with Crippen molar-refractivity contribution in [2.75, 3.05) is 52.5 Å². The molecule has 2 saturated heterocycles. The van der Waals surface area contributed by atoms with Gasteiger partial charge >= 0.3 is 0 Å². The van der Waals surface area contributed by atoms with Gasteiger partial charge in [0.15, 0.2) is 0 Å². The van der Waals surface area contributed by atoms with Crippen LogP contribution >= 0.6 is 11.3 Å². The Labute approximate surface area is 154 Å². The highest BCUT2D eigenvalue weighted by Gasteiger charge is 2.30. The molecule has 1 unspecified atom stereocenters. The lowest BCUT2D eigenvalue weighted by Crippen LogP contribution is -2.49. The van der Waals surface area contributed by atoms with E-state index >= 15 is 0 Å². The summed E-state index contributed by atoms with van der Waals surface area (Å²) < 4.78 is 38.5. The minimum atomic E-state index is -3.36. The zero-order chi connectivity index (χ0) is 17.9. The fraction of sp³-hybridized carbons (Fsp3) is 0.765. The van der Waals surface area contributed by atoms with Gasteiger partial charge in [0.25, 0.3) is 0 Å². The van der Waals surface area contributed by atoms with Crippen LogP contribution in [0.4, 0.5) is 0 Å². The molecule has 1 atom stereocenters. The Balaban J connectivity index is 1.42. The van der Waals surface area contributed by atoms with Gasteiger partial charge in [-0.2, -0.15) is 4.31 Å². The number of nitrogens with zero attached hydrogens (tertiary/aromatic N) is 2. The van der Waals surface area contributed by atoms with Gasteiger partial charge in [-0.3, -0.25) is 4.90 Å². The van der Waals surface area contributed by atoms with Crippen molar-refractivity contribution in [1.82, 2.24) is 9.21 Å². The number of thiophene rings is 1. The molecular formula is C17H28N2O4S2. The smallest absolute Gasteiger partial charge is 0.244 e. The average Bonchev–Trinajstić information content (AvgIpc) is 3.21. The van der Waals surface area contributed by atoms with Gasteiger partial charge in [0.05, 0.1) is 24.2 Å². The standard InChI is InChI=1S/C17H28N2O4S2/c1-14-12-17(15(2)24-14)25(20,21)19-7-5-18(6-8-19)9-11-22-13-16-4-3-10-23-16/h12,16H,3-11,13H2,1-2H3. The predicted molar refractivity (Wildman–Crippen MR) is 98.8 cm³/mol. The molecule has 0 spiro atoms. The first-order valence-corrected chi connectivity index (χ1v) is 11.2. The monoisotopic (exact) mass is 388 g/mol. The molecule has 3 heterocycles. The minimum Gasteiger partial charge on any atom is -0.377 e. The van der Waals surface area contributed by atoms with Gasteiger partial charge in [-0.1, -0.05) is 0 Å². The van der Waals surface area contributed by atoms with Crippen LogP contribution in [-0.4, -0.2) is 76.3 Å². The van der Waals surface area contributed by atoms with Crippen molar-refractivity contribution < 1.29 is 17.9 Å². The van der Waals surface area contributed by atoms with Crippen molar-refractivity contribution in [2.45, 2.75) is 37.7 Å². The van der Waals surface area contributed by atoms with Crippen LogP contribution in [0.2, 0.25) is 0 Å². The summed E-state index contributed by atoms with van der Waals surface area (Å²) in [5.74, 6) is 0. The molecule has 1 aromatic rings. The molecule has 0 amide bonds. The maximum atomic E-state index is 12.8. The van der Waals surface area contributed by atoms with Gasteiger partial charge in [-0.25, -0.2) is 8.42 Å². The van der Waals surface area contributed by atoms with Crippen molar-refractivity contribution in [3.05, 3.63) is 15.8 Å². The Bertz CT molecular complexity index is 660. The van der Waals surface area contributed by atoms with E-state index in [9.17, 15) is 8.42 Å². The van der Waals surface area contributed by atoms with Crippen LogP contribution in [0, 0.1) is 13.8 Å². The molecule has 0 radical (unpaired) electrons. The highest BCUT2D eigenvalue weighted by atomic mass is 32.2. The van der Waals surface area contributed by atoms with Crippen LogP contribution in [0.1, 0.15) is 22.6 Å². The number of piperazine rings is 1. The number of hydrogen-bond donors (Lipinski definition) is 0. The van der Waals surface area contributed by atoms with Crippen molar-refractivity contribution >= 4 is 21.4 Å². The van der Waals surface area contributed by atoms with Crippen LogP contribution in [0.25, 0.3) is 0 Å². The Morgan fingerprint density at radius 1 is 1.28 bits per heavy atom.